The average molecular weight is 503 g/mol. The van der Waals surface area contributed by atoms with Gasteiger partial charge in [0.25, 0.3) is 5.91 Å². The molecule has 2 aliphatic rings. The van der Waals surface area contributed by atoms with Crippen molar-refractivity contribution in [3.8, 4) is 0 Å². The molecule has 0 spiro atoms. The number of hydrogen-bond acceptors (Lipinski definition) is 4. The lowest BCUT2D eigenvalue weighted by atomic mass is 10.1. The standard InChI is InChI=1S/C29H31ClN4O2/c1-21(35)33-17-14-26-10-11-27(34(26)18-22-6-8-25(30)9-7-22)20-32(19-24-4-2-3-5-28(24)33)29(36)23-12-15-31-16-13-23/h2-9,12-13,15-16,26-27H,10-11,14,17-20H2,1H3/t26-,27+/m1/s1. The Bertz CT molecular complexity index is 1220. The summed E-state index contributed by atoms with van der Waals surface area (Å²) >= 11 is 6.13. The fourth-order valence-electron chi connectivity index (χ4n) is 5.57. The number of aromatic nitrogens is 1. The summed E-state index contributed by atoms with van der Waals surface area (Å²) in [6.45, 7) is 4.13. The zero-order chi connectivity index (χ0) is 25.1. The number of nitrogens with zero attached hydrogens (tertiary/aromatic N) is 4. The molecule has 0 aliphatic carbocycles. The molecule has 0 saturated carbocycles. The minimum atomic E-state index is -0.0179. The third-order valence-corrected chi connectivity index (χ3v) is 7.66. The number of para-hydroxylation sites is 1. The van der Waals surface area contributed by atoms with Gasteiger partial charge in [-0.1, -0.05) is 41.9 Å². The third-order valence-electron chi connectivity index (χ3n) is 7.40. The summed E-state index contributed by atoms with van der Waals surface area (Å²) in [5.41, 5.74) is 3.70. The number of halogens is 1. The first kappa shape index (κ1) is 24.5. The second-order valence-corrected chi connectivity index (χ2v) is 10.1. The van der Waals surface area contributed by atoms with Gasteiger partial charge in [0.1, 0.15) is 0 Å². The van der Waals surface area contributed by atoms with Crippen LogP contribution in [0.3, 0.4) is 0 Å². The highest BCUT2D eigenvalue weighted by atomic mass is 35.5. The summed E-state index contributed by atoms with van der Waals surface area (Å²) in [6, 6.07) is 20.1. The number of amides is 2. The summed E-state index contributed by atoms with van der Waals surface area (Å²) in [6.07, 6.45) is 6.26. The first-order valence-electron chi connectivity index (χ1n) is 12.5. The van der Waals surface area contributed by atoms with E-state index < -0.39 is 0 Å². The summed E-state index contributed by atoms with van der Waals surface area (Å²) in [4.78, 5) is 36.9. The second-order valence-electron chi connectivity index (χ2n) is 9.69. The third kappa shape index (κ3) is 5.30. The molecule has 36 heavy (non-hydrogen) atoms. The maximum Gasteiger partial charge on any atom is 0.254 e. The zero-order valence-corrected chi connectivity index (χ0v) is 21.3. The zero-order valence-electron chi connectivity index (χ0n) is 20.5. The second kappa shape index (κ2) is 10.8. The number of rotatable bonds is 3. The molecule has 2 amide bonds. The van der Waals surface area contributed by atoms with Crippen molar-refractivity contribution in [2.24, 2.45) is 0 Å². The van der Waals surface area contributed by atoms with Gasteiger partial charge in [-0.2, -0.15) is 0 Å². The average Bonchev–Trinajstić information content (AvgIpc) is 3.25. The lowest BCUT2D eigenvalue weighted by Gasteiger charge is -2.34. The van der Waals surface area contributed by atoms with Crippen molar-refractivity contribution in [3.05, 3.63) is 94.8 Å². The lowest BCUT2D eigenvalue weighted by Crippen LogP contribution is -2.45. The van der Waals surface area contributed by atoms with Crippen LogP contribution in [0.4, 0.5) is 5.69 Å². The van der Waals surface area contributed by atoms with Gasteiger partial charge in [-0.05, 0) is 60.7 Å². The Morgan fingerprint density at radius 1 is 0.944 bits per heavy atom. The number of fused-ring (bicyclic) bond motifs is 3. The van der Waals surface area contributed by atoms with Crippen LogP contribution in [0.1, 0.15) is 47.7 Å². The number of carbonyl (C=O) groups is 2. The van der Waals surface area contributed by atoms with Crippen molar-refractivity contribution >= 4 is 29.1 Å². The Morgan fingerprint density at radius 3 is 2.42 bits per heavy atom. The summed E-state index contributed by atoms with van der Waals surface area (Å²) in [7, 11) is 0. The highest BCUT2D eigenvalue weighted by Crippen LogP contribution is 2.33. The number of hydrogen-bond donors (Lipinski definition) is 0. The molecule has 2 aromatic carbocycles. The predicted octanol–water partition coefficient (Wildman–Crippen LogP) is 5.17. The normalized spacial score (nSPS) is 20.5. The Morgan fingerprint density at radius 2 is 1.67 bits per heavy atom. The SMILES string of the molecule is CC(=O)N1CC[C@H]2CC[C@@H](CN(C(=O)c3ccncc3)Cc3ccccc31)N2Cc1ccc(Cl)cc1. The Kier molecular flexibility index (Phi) is 7.35. The van der Waals surface area contributed by atoms with Crippen LogP contribution in [0.5, 0.6) is 0 Å². The van der Waals surface area contributed by atoms with Crippen LogP contribution in [-0.4, -0.2) is 51.8 Å². The molecule has 6 nitrogen and oxygen atoms in total. The van der Waals surface area contributed by atoms with Gasteiger partial charge >= 0.3 is 0 Å². The van der Waals surface area contributed by atoms with E-state index in [4.69, 9.17) is 11.6 Å². The number of pyridine rings is 1. The van der Waals surface area contributed by atoms with Gasteiger partial charge in [0.2, 0.25) is 5.91 Å². The smallest absolute Gasteiger partial charge is 0.254 e. The number of benzene rings is 2. The largest absolute Gasteiger partial charge is 0.333 e. The minimum absolute atomic E-state index is 0.0179. The van der Waals surface area contributed by atoms with Crippen molar-refractivity contribution in [2.45, 2.75) is 51.4 Å². The van der Waals surface area contributed by atoms with Crippen molar-refractivity contribution in [2.75, 3.05) is 18.0 Å². The van der Waals surface area contributed by atoms with Crippen LogP contribution in [0.15, 0.2) is 73.1 Å². The Hall–Kier alpha value is -3.22. The van der Waals surface area contributed by atoms with Gasteiger partial charge in [-0.25, -0.2) is 0 Å². The van der Waals surface area contributed by atoms with Gasteiger partial charge in [0.05, 0.1) is 0 Å². The predicted molar refractivity (Wildman–Crippen MR) is 142 cm³/mol. The quantitative estimate of drug-likeness (QED) is 0.496. The van der Waals surface area contributed by atoms with E-state index in [9.17, 15) is 9.59 Å². The fraction of sp³-hybridized carbons (Fsp3) is 0.345. The number of carbonyl (C=O) groups excluding carboxylic acids is 2. The van der Waals surface area contributed by atoms with E-state index in [2.05, 4.69) is 22.0 Å². The molecule has 1 saturated heterocycles. The molecule has 7 heteroatoms. The molecule has 0 N–H and O–H groups in total. The van der Waals surface area contributed by atoms with Gasteiger partial charge in [0.15, 0.2) is 0 Å². The van der Waals surface area contributed by atoms with Crippen molar-refractivity contribution in [3.63, 3.8) is 0 Å². The van der Waals surface area contributed by atoms with Crippen molar-refractivity contribution < 1.29 is 9.59 Å². The van der Waals surface area contributed by atoms with E-state index >= 15 is 0 Å². The van der Waals surface area contributed by atoms with Crippen LogP contribution in [0, 0.1) is 0 Å². The van der Waals surface area contributed by atoms with E-state index in [0.29, 0.717) is 31.2 Å². The molecule has 5 rings (SSSR count). The highest BCUT2D eigenvalue weighted by molar-refractivity contribution is 6.30. The molecule has 0 unspecified atom stereocenters. The van der Waals surface area contributed by atoms with Crippen LogP contribution < -0.4 is 4.90 Å². The molecular formula is C29H31ClN4O2. The summed E-state index contributed by atoms with van der Waals surface area (Å²) in [5.74, 6) is 0.00298. The molecule has 1 aromatic heterocycles. The number of anilines is 1. The van der Waals surface area contributed by atoms with Crippen LogP contribution in [-0.2, 0) is 17.9 Å². The van der Waals surface area contributed by atoms with Crippen LogP contribution >= 0.6 is 11.6 Å². The van der Waals surface area contributed by atoms with Crippen LogP contribution in [0.25, 0.3) is 0 Å². The van der Waals surface area contributed by atoms with Crippen LogP contribution in [0.2, 0.25) is 5.02 Å². The molecule has 2 aliphatic heterocycles. The topological polar surface area (TPSA) is 56.8 Å². The van der Waals surface area contributed by atoms with Gasteiger partial charge in [-0.15, -0.1) is 0 Å². The molecule has 186 valence electrons. The van der Waals surface area contributed by atoms with Gasteiger partial charge < -0.3 is 9.80 Å². The maximum absolute atomic E-state index is 13.7. The Balaban J connectivity index is 1.53. The molecule has 1 fully saturated rings. The maximum atomic E-state index is 13.7. The van der Waals surface area contributed by atoms with E-state index in [1.54, 1.807) is 31.5 Å². The first-order valence-corrected chi connectivity index (χ1v) is 12.9. The van der Waals surface area contributed by atoms with E-state index in [1.807, 2.05) is 46.2 Å². The minimum Gasteiger partial charge on any atom is -0.333 e. The van der Waals surface area contributed by atoms with Gasteiger partial charge in [0, 0.05) is 73.9 Å². The van der Waals surface area contributed by atoms with E-state index in [0.717, 1.165) is 42.1 Å². The molecule has 0 radical (unpaired) electrons. The summed E-state index contributed by atoms with van der Waals surface area (Å²) in [5, 5.41) is 0.725. The lowest BCUT2D eigenvalue weighted by molar-refractivity contribution is -0.116. The van der Waals surface area contributed by atoms with Crippen molar-refractivity contribution in [1.29, 1.82) is 0 Å². The monoisotopic (exact) mass is 502 g/mol. The molecule has 3 aromatic rings. The molecule has 3 heterocycles. The molecule has 2 atom stereocenters. The van der Waals surface area contributed by atoms with Gasteiger partial charge in [-0.3, -0.25) is 19.5 Å². The fourth-order valence-corrected chi connectivity index (χ4v) is 5.70. The summed E-state index contributed by atoms with van der Waals surface area (Å²) < 4.78 is 0. The highest BCUT2D eigenvalue weighted by Gasteiger charge is 2.36. The molecular weight excluding hydrogens is 472 g/mol. The van der Waals surface area contributed by atoms with E-state index in [1.165, 1.54) is 5.56 Å². The Labute approximate surface area is 217 Å². The molecule has 2 bridgehead atoms. The van der Waals surface area contributed by atoms with Crippen molar-refractivity contribution in [1.82, 2.24) is 14.8 Å². The first-order chi connectivity index (χ1) is 17.5. The van der Waals surface area contributed by atoms with E-state index in [-0.39, 0.29) is 17.9 Å².